The van der Waals surface area contributed by atoms with Crippen molar-refractivity contribution in [2.75, 3.05) is 0 Å². The lowest BCUT2D eigenvalue weighted by Crippen LogP contribution is -2.26. The summed E-state index contributed by atoms with van der Waals surface area (Å²) in [7, 11) is -3.49. The Hall–Kier alpha value is -3.03. The molecule has 0 unspecified atom stereocenters. The number of aryl methyl sites for hydroxylation is 1. The van der Waals surface area contributed by atoms with E-state index in [-0.39, 0.29) is 12.3 Å². The van der Waals surface area contributed by atoms with Crippen molar-refractivity contribution in [2.45, 2.75) is 25.8 Å². The van der Waals surface area contributed by atoms with Crippen molar-refractivity contribution < 1.29 is 8.42 Å². The van der Waals surface area contributed by atoms with Gasteiger partial charge in [-0.1, -0.05) is 60.2 Å². The average molecular weight is 407 g/mol. The molecule has 0 aliphatic rings. The molecule has 7 heteroatoms. The van der Waals surface area contributed by atoms with Gasteiger partial charge in [-0.2, -0.15) is 0 Å². The Morgan fingerprint density at radius 3 is 2.55 bits per heavy atom. The van der Waals surface area contributed by atoms with Crippen LogP contribution in [0.5, 0.6) is 0 Å². The number of hydrogen-bond donors (Lipinski definition) is 1. The topological polar surface area (TPSA) is 76.9 Å². The van der Waals surface area contributed by atoms with Crippen molar-refractivity contribution in [3.63, 3.8) is 0 Å². The quantitative estimate of drug-likeness (QED) is 0.510. The Balaban J connectivity index is 1.60. The Labute approximate surface area is 170 Å². The van der Waals surface area contributed by atoms with E-state index in [1.807, 2.05) is 60.0 Å². The molecule has 148 valence electrons. The van der Waals surface area contributed by atoms with Crippen molar-refractivity contribution in [1.82, 2.24) is 19.3 Å². The fraction of sp³-hybridized carbons (Fsp3) is 0.182. The van der Waals surface area contributed by atoms with Crippen LogP contribution >= 0.6 is 0 Å². The number of sulfonamides is 1. The zero-order chi connectivity index (χ0) is 20.3. The highest BCUT2D eigenvalue weighted by Crippen LogP contribution is 2.17. The van der Waals surface area contributed by atoms with E-state index in [0.717, 1.165) is 22.3 Å². The molecule has 6 nitrogen and oxygen atoms in total. The summed E-state index contributed by atoms with van der Waals surface area (Å²) in [6.45, 7) is 2.73. The lowest BCUT2D eigenvalue weighted by Gasteiger charge is -2.11. The van der Waals surface area contributed by atoms with Crippen molar-refractivity contribution >= 4 is 21.2 Å². The number of pyridine rings is 1. The zero-order valence-electron chi connectivity index (χ0n) is 16.1. The third kappa shape index (κ3) is 4.70. The summed E-state index contributed by atoms with van der Waals surface area (Å²) in [5.41, 5.74) is 4.52. The highest BCUT2D eigenvalue weighted by molar-refractivity contribution is 7.88. The van der Waals surface area contributed by atoms with Crippen LogP contribution in [-0.2, 0) is 28.9 Å². The van der Waals surface area contributed by atoms with Crippen LogP contribution in [0.3, 0.4) is 0 Å². The first kappa shape index (κ1) is 19.3. The molecule has 0 atom stereocenters. The Morgan fingerprint density at radius 1 is 0.966 bits per heavy atom. The molecule has 0 saturated heterocycles. The first-order valence-electron chi connectivity index (χ1n) is 9.37. The molecule has 0 spiro atoms. The second kappa shape index (κ2) is 8.14. The van der Waals surface area contributed by atoms with Gasteiger partial charge in [-0.15, -0.1) is 0 Å². The van der Waals surface area contributed by atoms with Gasteiger partial charge in [0.05, 0.1) is 18.8 Å². The van der Waals surface area contributed by atoms with Gasteiger partial charge in [0.1, 0.15) is 11.3 Å². The van der Waals surface area contributed by atoms with Gasteiger partial charge in [0.2, 0.25) is 10.0 Å². The van der Waals surface area contributed by atoms with Crippen molar-refractivity contribution in [3.8, 4) is 0 Å². The smallest absolute Gasteiger partial charge is 0.216 e. The van der Waals surface area contributed by atoms with E-state index in [1.54, 1.807) is 18.3 Å². The molecule has 0 aliphatic carbocycles. The van der Waals surface area contributed by atoms with Gasteiger partial charge in [0.15, 0.2) is 5.65 Å². The minimum absolute atomic E-state index is 0.0653. The molecule has 0 saturated carbocycles. The molecular formula is C22H22N4O2S. The highest BCUT2D eigenvalue weighted by Gasteiger charge is 2.16. The van der Waals surface area contributed by atoms with Gasteiger partial charge in [0.25, 0.3) is 0 Å². The van der Waals surface area contributed by atoms with Crippen molar-refractivity contribution in [2.24, 2.45) is 0 Å². The van der Waals surface area contributed by atoms with Gasteiger partial charge in [0, 0.05) is 6.20 Å². The van der Waals surface area contributed by atoms with E-state index in [1.165, 1.54) is 5.56 Å². The molecule has 4 aromatic rings. The zero-order valence-corrected chi connectivity index (χ0v) is 16.9. The number of aromatic nitrogens is 3. The first-order chi connectivity index (χ1) is 14.0. The maximum atomic E-state index is 12.5. The van der Waals surface area contributed by atoms with Crippen molar-refractivity contribution in [3.05, 3.63) is 95.4 Å². The molecule has 0 fully saturated rings. The third-order valence-electron chi connectivity index (χ3n) is 4.66. The minimum Gasteiger partial charge on any atom is -0.307 e. The average Bonchev–Trinajstić information content (AvgIpc) is 3.05. The molecule has 2 heterocycles. The summed E-state index contributed by atoms with van der Waals surface area (Å²) in [5.74, 6) is 0.571. The monoisotopic (exact) mass is 406 g/mol. The van der Waals surface area contributed by atoms with Gasteiger partial charge in [-0.05, 0) is 30.2 Å². The van der Waals surface area contributed by atoms with Gasteiger partial charge in [-0.25, -0.2) is 23.1 Å². The number of hydrogen-bond acceptors (Lipinski definition) is 4. The van der Waals surface area contributed by atoms with Crippen LogP contribution in [0.15, 0.2) is 72.9 Å². The number of nitrogens with zero attached hydrogens (tertiary/aromatic N) is 3. The van der Waals surface area contributed by atoms with E-state index < -0.39 is 10.0 Å². The molecule has 0 amide bonds. The molecule has 29 heavy (non-hydrogen) atoms. The highest BCUT2D eigenvalue weighted by atomic mass is 32.2. The van der Waals surface area contributed by atoms with Crippen LogP contribution in [0.2, 0.25) is 0 Å². The molecule has 0 radical (unpaired) electrons. The summed E-state index contributed by atoms with van der Waals surface area (Å²) in [6, 6.07) is 21.1. The van der Waals surface area contributed by atoms with Gasteiger partial charge in [-0.3, -0.25) is 0 Å². The van der Waals surface area contributed by atoms with Gasteiger partial charge < -0.3 is 4.57 Å². The Kier molecular flexibility index (Phi) is 5.42. The third-order valence-corrected chi connectivity index (χ3v) is 5.95. The van der Waals surface area contributed by atoms with Crippen LogP contribution in [0.25, 0.3) is 11.2 Å². The SMILES string of the molecule is Cc1cccc(Cn2c(CNS(=O)(=O)Cc3ccccc3)nc3cccnc32)c1. The molecular weight excluding hydrogens is 384 g/mol. The molecule has 2 aromatic carbocycles. The number of nitrogens with one attached hydrogen (secondary N) is 1. The summed E-state index contributed by atoms with van der Waals surface area (Å²) >= 11 is 0. The first-order valence-corrected chi connectivity index (χ1v) is 11.0. The summed E-state index contributed by atoms with van der Waals surface area (Å²) in [6.07, 6.45) is 1.72. The predicted octanol–water partition coefficient (Wildman–Crippen LogP) is 3.41. The van der Waals surface area contributed by atoms with Crippen LogP contribution in [-0.4, -0.2) is 23.0 Å². The summed E-state index contributed by atoms with van der Waals surface area (Å²) in [4.78, 5) is 9.07. The van der Waals surface area contributed by atoms with Gasteiger partial charge >= 0.3 is 0 Å². The number of benzene rings is 2. The Morgan fingerprint density at radius 2 is 1.76 bits per heavy atom. The fourth-order valence-corrected chi connectivity index (χ4v) is 4.40. The van der Waals surface area contributed by atoms with E-state index >= 15 is 0 Å². The minimum atomic E-state index is -3.49. The predicted molar refractivity (Wildman–Crippen MR) is 114 cm³/mol. The molecule has 0 aliphatic heterocycles. The van der Waals surface area contributed by atoms with Crippen LogP contribution < -0.4 is 4.72 Å². The lowest BCUT2D eigenvalue weighted by atomic mass is 10.1. The number of fused-ring (bicyclic) bond motifs is 1. The largest absolute Gasteiger partial charge is 0.307 e. The summed E-state index contributed by atoms with van der Waals surface area (Å²) < 4.78 is 29.7. The normalized spacial score (nSPS) is 11.8. The van der Waals surface area contributed by atoms with E-state index in [4.69, 9.17) is 0 Å². The second-order valence-corrected chi connectivity index (χ2v) is 8.82. The molecule has 1 N–H and O–H groups in total. The molecule has 4 rings (SSSR count). The summed E-state index contributed by atoms with van der Waals surface area (Å²) in [5, 5.41) is 0. The maximum absolute atomic E-state index is 12.5. The molecule has 0 bridgehead atoms. The maximum Gasteiger partial charge on any atom is 0.216 e. The van der Waals surface area contributed by atoms with Crippen LogP contribution in [0, 0.1) is 6.92 Å². The standard InChI is InChI=1S/C22H22N4O2S/c1-17-7-5-10-19(13-17)15-26-21(25-20-11-6-12-23-22(20)26)14-24-29(27,28)16-18-8-3-2-4-9-18/h2-13,24H,14-16H2,1H3. The lowest BCUT2D eigenvalue weighted by molar-refractivity contribution is 0.575. The van der Waals surface area contributed by atoms with E-state index in [2.05, 4.69) is 20.8 Å². The fourth-order valence-electron chi connectivity index (χ4n) is 3.32. The number of rotatable bonds is 7. The van der Waals surface area contributed by atoms with Crippen LogP contribution in [0.4, 0.5) is 0 Å². The molecule has 2 aromatic heterocycles. The number of imidazole rings is 1. The van der Waals surface area contributed by atoms with Crippen LogP contribution in [0.1, 0.15) is 22.5 Å². The van der Waals surface area contributed by atoms with E-state index in [9.17, 15) is 8.42 Å². The Bertz CT molecular complexity index is 1230. The van der Waals surface area contributed by atoms with E-state index in [0.29, 0.717) is 12.4 Å². The van der Waals surface area contributed by atoms with Crippen molar-refractivity contribution in [1.29, 1.82) is 0 Å². The second-order valence-electron chi connectivity index (χ2n) is 7.02.